The van der Waals surface area contributed by atoms with E-state index in [0.29, 0.717) is 5.69 Å². The number of amides is 1. The smallest absolute Gasteiger partial charge is 0.276 e. The number of hydrogen-bond acceptors (Lipinski definition) is 3. The highest BCUT2D eigenvalue weighted by Crippen LogP contribution is 2.28. The molecule has 19 heavy (non-hydrogen) atoms. The molecule has 1 aromatic heterocycles. The SMILES string of the molecule is CC(C)c1cc(C(=O)N2CCCCC(C)(C)C2)no1. The molecule has 106 valence electrons. The van der Waals surface area contributed by atoms with Gasteiger partial charge in [-0.3, -0.25) is 4.79 Å². The maximum absolute atomic E-state index is 12.5. The molecule has 1 saturated heterocycles. The van der Waals surface area contributed by atoms with Gasteiger partial charge in [-0.25, -0.2) is 0 Å². The van der Waals surface area contributed by atoms with E-state index in [-0.39, 0.29) is 17.2 Å². The van der Waals surface area contributed by atoms with Crippen molar-refractivity contribution in [1.29, 1.82) is 0 Å². The number of hydrogen-bond donors (Lipinski definition) is 0. The molecule has 0 N–H and O–H groups in total. The maximum atomic E-state index is 12.5. The van der Waals surface area contributed by atoms with E-state index >= 15 is 0 Å². The second-order valence-corrected chi connectivity index (χ2v) is 6.62. The number of nitrogens with zero attached hydrogens (tertiary/aromatic N) is 2. The minimum Gasteiger partial charge on any atom is -0.360 e. The molecule has 0 saturated carbocycles. The van der Waals surface area contributed by atoms with Crippen molar-refractivity contribution in [3.63, 3.8) is 0 Å². The fourth-order valence-electron chi connectivity index (χ4n) is 2.58. The average molecular weight is 264 g/mol. The summed E-state index contributed by atoms with van der Waals surface area (Å²) in [6.45, 7) is 10.1. The van der Waals surface area contributed by atoms with Crippen molar-refractivity contribution in [2.24, 2.45) is 5.41 Å². The Bertz CT molecular complexity index is 449. The van der Waals surface area contributed by atoms with Gasteiger partial charge in [0.1, 0.15) is 5.76 Å². The summed E-state index contributed by atoms with van der Waals surface area (Å²) in [5, 5.41) is 3.92. The zero-order chi connectivity index (χ0) is 14.0. The number of likely N-dealkylation sites (tertiary alicyclic amines) is 1. The molecule has 4 heteroatoms. The first-order chi connectivity index (χ1) is 8.89. The lowest BCUT2D eigenvalue weighted by atomic mass is 9.88. The van der Waals surface area contributed by atoms with Gasteiger partial charge in [-0.05, 0) is 18.3 Å². The third kappa shape index (κ3) is 3.37. The largest absolute Gasteiger partial charge is 0.360 e. The van der Waals surface area contributed by atoms with Crippen molar-refractivity contribution in [2.45, 2.75) is 52.9 Å². The molecule has 0 aliphatic carbocycles. The van der Waals surface area contributed by atoms with Gasteiger partial charge < -0.3 is 9.42 Å². The summed E-state index contributed by atoms with van der Waals surface area (Å²) in [6, 6.07) is 1.78. The molecule has 0 aromatic carbocycles. The molecule has 1 aliphatic heterocycles. The van der Waals surface area contributed by atoms with E-state index in [9.17, 15) is 4.79 Å². The third-order valence-corrected chi connectivity index (χ3v) is 3.75. The summed E-state index contributed by atoms with van der Waals surface area (Å²) in [7, 11) is 0. The molecule has 1 amide bonds. The quantitative estimate of drug-likeness (QED) is 0.822. The van der Waals surface area contributed by atoms with Gasteiger partial charge in [-0.1, -0.05) is 39.3 Å². The van der Waals surface area contributed by atoms with Gasteiger partial charge in [-0.2, -0.15) is 0 Å². The molecule has 2 heterocycles. The Labute approximate surface area is 115 Å². The van der Waals surface area contributed by atoms with Crippen LogP contribution < -0.4 is 0 Å². The number of rotatable bonds is 2. The first kappa shape index (κ1) is 14.1. The van der Waals surface area contributed by atoms with Crippen LogP contribution in [0.25, 0.3) is 0 Å². The summed E-state index contributed by atoms with van der Waals surface area (Å²) in [6.07, 6.45) is 3.43. The van der Waals surface area contributed by atoms with E-state index in [1.807, 2.05) is 18.7 Å². The van der Waals surface area contributed by atoms with Gasteiger partial charge >= 0.3 is 0 Å². The monoisotopic (exact) mass is 264 g/mol. The molecule has 2 rings (SSSR count). The van der Waals surface area contributed by atoms with Crippen LogP contribution >= 0.6 is 0 Å². The van der Waals surface area contributed by atoms with Crippen molar-refractivity contribution in [3.8, 4) is 0 Å². The van der Waals surface area contributed by atoms with Crippen molar-refractivity contribution >= 4 is 5.91 Å². The molecule has 1 fully saturated rings. The topological polar surface area (TPSA) is 46.3 Å². The van der Waals surface area contributed by atoms with E-state index in [1.165, 1.54) is 12.8 Å². The summed E-state index contributed by atoms with van der Waals surface area (Å²) in [4.78, 5) is 14.4. The zero-order valence-corrected chi connectivity index (χ0v) is 12.4. The predicted octanol–water partition coefficient (Wildman–Crippen LogP) is 3.45. The van der Waals surface area contributed by atoms with Gasteiger partial charge in [0.2, 0.25) is 0 Å². The van der Waals surface area contributed by atoms with Crippen molar-refractivity contribution < 1.29 is 9.32 Å². The Morgan fingerprint density at radius 3 is 2.79 bits per heavy atom. The summed E-state index contributed by atoms with van der Waals surface area (Å²) in [5.74, 6) is 1.04. The van der Waals surface area contributed by atoms with Crippen molar-refractivity contribution in [3.05, 3.63) is 17.5 Å². The van der Waals surface area contributed by atoms with Crippen LogP contribution in [0.2, 0.25) is 0 Å². The van der Waals surface area contributed by atoms with E-state index < -0.39 is 0 Å². The molecule has 4 nitrogen and oxygen atoms in total. The average Bonchev–Trinajstić information content (AvgIpc) is 2.74. The molecule has 0 spiro atoms. The third-order valence-electron chi connectivity index (χ3n) is 3.75. The molecule has 0 atom stereocenters. The van der Waals surface area contributed by atoms with Crippen LogP contribution in [0.15, 0.2) is 10.6 Å². The maximum Gasteiger partial charge on any atom is 0.276 e. The minimum absolute atomic E-state index is 0.00521. The van der Waals surface area contributed by atoms with Crippen LogP contribution in [0.3, 0.4) is 0 Å². The first-order valence-corrected chi connectivity index (χ1v) is 7.15. The highest BCUT2D eigenvalue weighted by molar-refractivity contribution is 5.92. The minimum atomic E-state index is 0.00521. The summed E-state index contributed by atoms with van der Waals surface area (Å²) < 4.78 is 5.22. The second-order valence-electron chi connectivity index (χ2n) is 6.62. The Balaban J connectivity index is 2.13. The molecule has 1 aromatic rings. The Morgan fingerprint density at radius 1 is 1.42 bits per heavy atom. The van der Waals surface area contributed by atoms with Crippen LogP contribution in [0, 0.1) is 5.41 Å². The van der Waals surface area contributed by atoms with E-state index in [0.717, 1.165) is 25.3 Å². The van der Waals surface area contributed by atoms with Crippen LogP contribution in [0.4, 0.5) is 0 Å². The lowest BCUT2D eigenvalue weighted by Gasteiger charge is -2.28. The highest BCUT2D eigenvalue weighted by Gasteiger charge is 2.29. The lowest BCUT2D eigenvalue weighted by molar-refractivity contribution is 0.0696. The molecular formula is C15H24N2O2. The second kappa shape index (κ2) is 5.35. The Kier molecular flexibility index (Phi) is 3.97. The van der Waals surface area contributed by atoms with Crippen LogP contribution in [-0.2, 0) is 0 Å². The van der Waals surface area contributed by atoms with Gasteiger partial charge in [-0.15, -0.1) is 0 Å². The predicted molar refractivity (Wildman–Crippen MR) is 74.1 cm³/mol. The van der Waals surface area contributed by atoms with Gasteiger partial charge in [0, 0.05) is 25.1 Å². The number of carbonyl (C=O) groups excluding carboxylic acids is 1. The Morgan fingerprint density at radius 2 is 2.16 bits per heavy atom. The molecular weight excluding hydrogens is 240 g/mol. The lowest BCUT2D eigenvalue weighted by Crippen LogP contribution is -2.37. The number of carbonyl (C=O) groups is 1. The van der Waals surface area contributed by atoms with Gasteiger partial charge in [0.15, 0.2) is 5.69 Å². The highest BCUT2D eigenvalue weighted by atomic mass is 16.5. The van der Waals surface area contributed by atoms with Gasteiger partial charge in [0.05, 0.1) is 0 Å². The van der Waals surface area contributed by atoms with E-state index in [1.54, 1.807) is 6.07 Å². The Hall–Kier alpha value is -1.32. The molecule has 0 radical (unpaired) electrons. The zero-order valence-electron chi connectivity index (χ0n) is 12.4. The van der Waals surface area contributed by atoms with Gasteiger partial charge in [0.25, 0.3) is 5.91 Å². The molecule has 0 unspecified atom stereocenters. The van der Waals surface area contributed by atoms with Crippen molar-refractivity contribution in [2.75, 3.05) is 13.1 Å². The standard InChI is InChI=1S/C15H24N2O2/c1-11(2)13-9-12(16-19-13)14(18)17-8-6-5-7-15(3,4)10-17/h9,11H,5-8,10H2,1-4H3. The summed E-state index contributed by atoms with van der Waals surface area (Å²) >= 11 is 0. The number of aromatic nitrogens is 1. The first-order valence-electron chi connectivity index (χ1n) is 7.15. The van der Waals surface area contributed by atoms with E-state index in [4.69, 9.17) is 4.52 Å². The molecule has 0 bridgehead atoms. The molecule has 1 aliphatic rings. The summed E-state index contributed by atoms with van der Waals surface area (Å²) in [5.41, 5.74) is 0.637. The van der Waals surface area contributed by atoms with Crippen LogP contribution in [0.1, 0.15) is 69.1 Å². The van der Waals surface area contributed by atoms with Crippen molar-refractivity contribution in [1.82, 2.24) is 10.1 Å². The normalized spacial score (nSPS) is 19.5. The fraction of sp³-hybridized carbons (Fsp3) is 0.733. The van der Waals surface area contributed by atoms with Crippen LogP contribution in [-0.4, -0.2) is 29.1 Å². The fourth-order valence-corrected chi connectivity index (χ4v) is 2.58. The van der Waals surface area contributed by atoms with E-state index in [2.05, 4.69) is 19.0 Å². The van der Waals surface area contributed by atoms with Crippen LogP contribution in [0.5, 0.6) is 0 Å².